The Labute approximate surface area is 170 Å². The van der Waals surface area contributed by atoms with Crippen molar-refractivity contribution >= 4 is 11.8 Å². The second-order valence-corrected chi connectivity index (χ2v) is 9.02. The number of carbonyl (C=O) groups excluding carboxylic acids is 2. The first kappa shape index (κ1) is 23.2. The van der Waals surface area contributed by atoms with Crippen molar-refractivity contribution in [2.45, 2.75) is 59.1 Å². The molecule has 1 saturated heterocycles. The summed E-state index contributed by atoms with van der Waals surface area (Å²) in [6, 6.07) is 5.11. The Morgan fingerprint density at radius 1 is 1.17 bits per heavy atom. The predicted octanol–water partition coefficient (Wildman–Crippen LogP) is 4.60. The highest BCUT2D eigenvalue weighted by Gasteiger charge is 2.41. The molecule has 4 nitrogen and oxygen atoms in total. The topological polar surface area (TPSA) is 49.4 Å². The Balaban J connectivity index is 2.27. The van der Waals surface area contributed by atoms with Gasteiger partial charge in [0.2, 0.25) is 11.8 Å². The minimum Gasteiger partial charge on any atom is -0.356 e. The largest absolute Gasteiger partial charge is 0.416 e. The van der Waals surface area contributed by atoms with Gasteiger partial charge in [-0.15, -0.1) is 0 Å². The van der Waals surface area contributed by atoms with Gasteiger partial charge in [0.15, 0.2) is 0 Å². The maximum absolute atomic E-state index is 13.2. The third-order valence-corrected chi connectivity index (χ3v) is 5.16. The summed E-state index contributed by atoms with van der Waals surface area (Å²) in [6.07, 6.45) is -2.36. The van der Waals surface area contributed by atoms with Gasteiger partial charge in [-0.1, -0.05) is 52.3 Å². The van der Waals surface area contributed by atoms with Gasteiger partial charge in [-0.05, 0) is 23.5 Å². The molecule has 0 bridgehead atoms. The quantitative estimate of drug-likeness (QED) is 0.695. The molecule has 0 radical (unpaired) electrons. The molecule has 1 aliphatic rings. The zero-order chi connectivity index (χ0) is 21.8. The molecular formula is C22H31F3N2O2. The molecule has 1 aromatic rings. The highest BCUT2D eigenvalue weighted by atomic mass is 19.4. The summed E-state index contributed by atoms with van der Waals surface area (Å²) in [4.78, 5) is 27.1. The molecule has 1 heterocycles. The molecule has 1 aliphatic heterocycles. The predicted molar refractivity (Wildman–Crippen MR) is 106 cm³/mol. The minimum absolute atomic E-state index is 0.0710. The average Bonchev–Trinajstić information content (AvgIpc) is 3.05. The summed E-state index contributed by atoms with van der Waals surface area (Å²) in [7, 11) is 0. The molecule has 0 spiro atoms. The normalized spacial score (nSPS) is 20.0. The van der Waals surface area contributed by atoms with Crippen LogP contribution in [0.4, 0.5) is 13.2 Å². The summed E-state index contributed by atoms with van der Waals surface area (Å²) in [5.41, 5.74) is -0.495. The maximum atomic E-state index is 13.2. The molecule has 2 unspecified atom stereocenters. The molecule has 1 aromatic carbocycles. The van der Waals surface area contributed by atoms with E-state index in [9.17, 15) is 22.8 Å². The second kappa shape index (κ2) is 9.18. The van der Waals surface area contributed by atoms with E-state index in [2.05, 4.69) is 5.32 Å². The van der Waals surface area contributed by atoms with Crippen molar-refractivity contribution in [3.05, 3.63) is 35.4 Å². The Morgan fingerprint density at radius 2 is 1.86 bits per heavy atom. The monoisotopic (exact) mass is 412 g/mol. The fourth-order valence-electron chi connectivity index (χ4n) is 3.64. The third kappa shape index (κ3) is 6.47. The van der Waals surface area contributed by atoms with E-state index in [0.29, 0.717) is 18.5 Å². The molecule has 0 saturated carbocycles. The lowest BCUT2D eigenvalue weighted by atomic mass is 9.87. The van der Waals surface area contributed by atoms with Crippen LogP contribution in [0.15, 0.2) is 24.3 Å². The van der Waals surface area contributed by atoms with E-state index in [0.717, 1.165) is 25.0 Å². The SMILES string of the molecule is CCCCNC(=O)C1CN(C(=O)CC(C)(C)C)CC1c1cccc(C(F)(F)F)c1. The number of nitrogens with zero attached hydrogens (tertiary/aromatic N) is 1. The number of alkyl halides is 3. The van der Waals surface area contributed by atoms with E-state index in [1.54, 1.807) is 11.0 Å². The molecule has 29 heavy (non-hydrogen) atoms. The summed E-state index contributed by atoms with van der Waals surface area (Å²) in [6.45, 7) is 8.90. The lowest BCUT2D eigenvalue weighted by Gasteiger charge is -2.23. The van der Waals surface area contributed by atoms with Gasteiger partial charge in [-0.3, -0.25) is 9.59 Å². The minimum atomic E-state index is -4.45. The number of carbonyl (C=O) groups is 2. The zero-order valence-corrected chi connectivity index (χ0v) is 17.6. The summed E-state index contributed by atoms with van der Waals surface area (Å²) in [5.74, 6) is -1.28. The first-order chi connectivity index (χ1) is 13.4. The van der Waals surface area contributed by atoms with Crippen LogP contribution in [-0.2, 0) is 15.8 Å². The van der Waals surface area contributed by atoms with Crippen molar-refractivity contribution < 1.29 is 22.8 Å². The molecule has 2 rings (SSSR count). The van der Waals surface area contributed by atoms with Crippen LogP contribution in [0.2, 0.25) is 0 Å². The second-order valence-electron chi connectivity index (χ2n) is 9.02. The van der Waals surface area contributed by atoms with E-state index < -0.39 is 23.6 Å². The van der Waals surface area contributed by atoms with E-state index >= 15 is 0 Å². The molecule has 1 N–H and O–H groups in total. The summed E-state index contributed by atoms with van der Waals surface area (Å²) >= 11 is 0. The van der Waals surface area contributed by atoms with Crippen LogP contribution in [0.5, 0.6) is 0 Å². The van der Waals surface area contributed by atoms with Crippen molar-refractivity contribution in [3.63, 3.8) is 0 Å². The van der Waals surface area contributed by atoms with Crippen molar-refractivity contribution in [3.8, 4) is 0 Å². The Bertz CT molecular complexity index is 726. The zero-order valence-electron chi connectivity index (χ0n) is 17.6. The lowest BCUT2D eigenvalue weighted by Crippen LogP contribution is -2.36. The number of nitrogens with one attached hydrogen (secondary N) is 1. The lowest BCUT2D eigenvalue weighted by molar-refractivity contribution is -0.137. The van der Waals surface area contributed by atoms with Crippen molar-refractivity contribution in [1.29, 1.82) is 0 Å². The summed E-state index contributed by atoms with van der Waals surface area (Å²) < 4.78 is 39.5. The first-order valence-electron chi connectivity index (χ1n) is 10.1. The molecule has 162 valence electrons. The van der Waals surface area contributed by atoms with Gasteiger partial charge in [0.25, 0.3) is 0 Å². The molecule has 0 aromatic heterocycles. The fraction of sp³-hybridized carbons (Fsp3) is 0.636. The molecule has 0 aliphatic carbocycles. The number of hydrogen-bond acceptors (Lipinski definition) is 2. The molecule has 2 atom stereocenters. The standard InChI is InChI=1S/C22H31F3N2O2/c1-5-6-10-26-20(29)18-14-27(19(28)12-21(2,3)4)13-17(18)15-8-7-9-16(11-15)22(23,24)25/h7-9,11,17-18H,5-6,10,12-14H2,1-4H3,(H,26,29). The Kier molecular flexibility index (Phi) is 7.35. The van der Waals surface area contributed by atoms with Gasteiger partial charge < -0.3 is 10.2 Å². The van der Waals surface area contributed by atoms with Crippen LogP contribution in [0.25, 0.3) is 0 Å². The van der Waals surface area contributed by atoms with E-state index in [1.165, 1.54) is 6.07 Å². The van der Waals surface area contributed by atoms with E-state index in [4.69, 9.17) is 0 Å². The number of hydrogen-bond donors (Lipinski definition) is 1. The third-order valence-electron chi connectivity index (χ3n) is 5.16. The van der Waals surface area contributed by atoms with Gasteiger partial charge in [0, 0.05) is 32.0 Å². The Morgan fingerprint density at radius 3 is 2.45 bits per heavy atom. The van der Waals surface area contributed by atoms with E-state index in [-0.39, 0.29) is 30.3 Å². The van der Waals surface area contributed by atoms with Crippen molar-refractivity contribution in [2.75, 3.05) is 19.6 Å². The summed E-state index contributed by atoms with van der Waals surface area (Å²) in [5, 5.41) is 2.88. The van der Waals surface area contributed by atoms with Gasteiger partial charge >= 0.3 is 6.18 Å². The smallest absolute Gasteiger partial charge is 0.356 e. The van der Waals surface area contributed by atoms with Crippen LogP contribution < -0.4 is 5.32 Å². The number of amides is 2. The first-order valence-corrected chi connectivity index (χ1v) is 10.1. The van der Waals surface area contributed by atoms with Crippen LogP contribution in [0, 0.1) is 11.3 Å². The molecule has 2 amide bonds. The van der Waals surface area contributed by atoms with Crippen molar-refractivity contribution in [1.82, 2.24) is 10.2 Å². The number of unbranched alkanes of at least 4 members (excludes halogenated alkanes) is 1. The number of rotatable bonds is 6. The van der Waals surface area contributed by atoms with Gasteiger partial charge in [-0.25, -0.2) is 0 Å². The maximum Gasteiger partial charge on any atom is 0.416 e. The highest BCUT2D eigenvalue weighted by Crippen LogP contribution is 2.37. The number of halogens is 3. The number of likely N-dealkylation sites (tertiary alicyclic amines) is 1. The molecular weight excluding hydrogens is 381 g/mol. The van der Waals surface area contributed by atoms with Gasteiger partial charge in [0.05, 0.1) is 11.5 Å². The highest BCUT2D eigenvalue weighted by molar-refractivity contribution is 5.83. The van der Waals surface area contributed by atoms with Crippen LogP contribution >= 0.6 is 0 Å². The van der Waals surface area contributed by atoms with Crippen molar-refractivity contribution in [2.24, 2.45) is 11.3 Å². The molecule has 1 fully saturated rings. The number of benzene rings is 1. The Hall–Kier alpha value is -2.05. The van der Waals surface area contributed by atoms with Gasteiger partial charge in [-0.2, -0.15) is 13.2 Å². The average molecular weight is 412 g/mol. The van der Waals surface area contributed by atoms with Crippen LogP contribution in [0.3, 0.4) is 0 Å². The van der Waals surface area contributed by atoms with E-state index in [1.807, 2.05) is 27.7 Å². The van der Waals surface area contributed by atoms with Crippen LogP contribution in [0.1, 0.15) is 64.0 Å². The van der Waals surface area contributed by atoms with Gasteiger partial charge in [0.1, 0.15) is 0 Å². The fourth-order valence-corrected chi connectivity index (χ4v) is 3.64. The molecule has 7 heteroatoms. The van der Waals surface area contributed by atoms with Crippen LogP contribution in [-0.4, -0.2) is 36.3 Å².